The summed E-state index contributed by atoms with van der Waals surface area (Å²) in [6, 6.07) is 9.35. The number of hydrogen-bond acceptors (Lipinski definition) is 5. The molecule has 8 heteroatoms. The molecule has 0 saturated heterocycles. The van der Waals surface area contributed by atoms with Gasteiger partial charge in [-0.05, 0) is 36.4 Å². The van der Waals surface area contributed by atoms with Crippen LogP contribution in [0.25, 0.3) is 22.5 Å². The number of rotatable bonds is 6. The lowest BCUT2D eigenvalue weighted by Crippen LogP contribution is -2.13. The van der Waals surface area contributed by atoms with Gasteiger partial charge >= 0.3 is 0 Å². The maximum absolute atomic E-state index is 13.3. The molecule has 2 aromatic heterocycles. The van der Waals surface area contributed by atoms with E-state index < -0.39 is 9.84 Å². The standard InChI is InChI=1S/C18H18FN3O3S/c1-25-12-11-22-17(14-7-9-20-10-8-14)16(21-18(22)26(2,23)24)13-3-5-15(19)6-4-13/h3-10H,11-12H2,1-2H3. The second kappa shape index (κ2) is 7.35. The van der Waals surface area contributed by atoms with Crippen molar-refractivity contribution in [3.05, 3.63) is 54.6 Å². The summed E-state index contributed by atoms with van der Waals surface area (Å²) in [5.74, 6) is -0.374. The average molecular weight is 375 g/mol. The lowest BCUT2D eigenvalue weighted by Gasteiger charge is -2.12. The zero-order valence-electron chi connectivity index (χ0n) is 14.4. The first kappa shape index (κ1) is 18.2. The number of pyridine rings is 1. The Labute approximate surface area is 151 Å². The van der Waals surface area contributed by atoms with E-state index in [2.05, 4.69) is 9.97 Å². The smallest absolute Gasteiger partial charge is 0.228 e. The lowest BCUT2D eigenvalue weighted by molar-refractivity contribution is 0.185. The van der Waals surface area contributed by atoms with E-state index >= 15 is 0 Å². The zero-order valence-corrected chi connectivity index (χ0v) is 15.2. The fourth-order valence-corrected chi connectivity index (χ4v) is 3.56. The summed E-state index contributed by atoms with van der Waals surface area (Å²) >= 11 is 0. The first-order chi connectivity index (χ1) is 12.4. The second-order valence-electron chi connectivity index (χ2n) is 5.75. The summed E-state index contributed by atoms with van der Waals surface area (Å²) in [4.78, 5) is 8.40. The van der Waals surface area contributed by atoms with Crippen LogP contribution < -0.4 is 0 Å². The number of methoxy groups -OCH3 is 1. The predicted octanol–water partition coefficient (Wildman–Crippen LogP) is 2.80. The molecule has 0 N–H and O–H groups in total. The first-order valence-corrected chi connectivity index (χ1v) is 9.77. The Balaban J connectivity index is 2.32. The summed E-state index contributed by atoms with van der Waals surface area (Å²) in [5.41, 5.74) is 2.47. The molecule has 0 fully saturated rings. The summed E-state index contributed by atoms with van der Waals surface area (Å²) in [6.45, 7) is 0.630. The van der Waals surface area contributed by atoms with Crippen molar-refractivity contribution >= 4 is 9.84 Å². The summed E-state index contributed by atoms with van der Waals surface area (Å²) in [6.07, 6.45) is 4.36. The Morgan fingerprint density at radius 2 is 1.73 bits per heavy atom. The van der Waals surface area contributed by atoms with Gasteiger partial charge in [-0.15, -0.1) is 0 Å². The summed E-state index contributed by atoms with van der Waals surface area (Å²) in [5, 5.41) is -0.0549. The highest BCUT2D eigenvalue weighted by atomic mass is 32.2. The molecule has 0 unspecified atom stereocenters. The van der Waals surface area contributed by atoms with E-state index in [4.69, 9.17) is 4.74 Å². The number of halogens is 1. The number of nitrogens with zero attached hydrogens (tertiary/aromatic N) is 3. The number of hydrogen-bond donors (Lipinski definition) is 0. The van der Waals surface area contributed by atoms with Crippen LogP contribution in [0, 0.1) is 5.82 Å². The van der Waals surface area contributed by atoms with Gasteiger partial charge in [-0.3, -0.25) is 4.98 Å². The van der Waals surface area contributed by atoms with Crippen molar-refractivity contribution in [1.29, 1.82) is 0 Å². The zero-order chi connectivity index (χ0) is 18.7. The Morgan fingerprint density at radius 3 is 2.31 bits per heavy atom. The molecule has 0 radical (unpaired) electrons. The van der Waals surface area contributed by atoms with Gasteiger partial charge in [0.25, 0.3) is 0 Å². The fraction of sp³-hybridized carbons (Fsp3) is 0.222. The molecule has 136 valence electrons. The van der Waals surface area contributed by atoms with Gasteiger partial charge in [-0.25, -0.2) is 17.8 Å². The van der Waals surface area contributed by atoms with Gasteiger partial charge in [-0.1, -0.05) is 0 Å². The topological polar surface area (TPSA) is 74.1 Å². The van der Waals surface area contributed by atoms with Gasteiger partial charge in [0.05, 0.1) is 18.0 Å². The van der Waals surface area contributed by atoms with E-state index in [0.717, 1.165) is 11.8 Å². The summed E-state index contributed by atoms with van der Waals surface area (Å²) < 4.78 is 44.7. The van der Waals surface area contributed by atoms with Crippen LogP contribution in [0.1, 0.15) is 0 Å². The molecule has 0 aliphatic heterocycles. The first-order valence-electron chi connectivity index (χ1n) is 7.87. The van der Waals surface area contributed by atoms with Crippen molar-refractivity contribution in [2.75, 3.05) is 20.0 Å². The Bertz CT molecular complexity index is 1000. The van der Waals surface area contributed by atoms with Crippen molar-refractivity contribution in [3.63, 3.8) is 0 Å². The van der Waals surface area contributed by atoms with Gasteiger partial charge in [0, 0.05) is 43.4 Å². The molecule has 0 bridgehead atoms. The normalized spacial score (nSPS) is 11.7. The minimum atomic E-state index is -3.58. The average Bonchev–Trinajstić information content (AvgIpc) is 3.01. The summed E-state index contributed by atoms with van der Waals surface area (Å²) in [7, 11) is -2.04. The Kier molecular flexibility index (Phi) is 5.15. The largest absolute Gasteiger partial charge is 0.383 e. The van der Waals surface area contributed by atoms with Gasteiger partial charge < -0.3 is 9.30 Å². The number of sulfone groups is 1. The highest BCUT2D eigenvalue weighted by Crippen LogP contribution is 2.34. The van der Waals surface area contributed by atoms with E-state index in [9.17, 15) is 12.8 Å². The third kappa shape index (κ3) is 3.66. The van der Waals surface area contributed by atoms with Crippen LogP contribution >= 0.6 is 0 Å². The molecule has 0 atom stereocenters. The monoisotopic (exact) mass is 375 g/mol. The molecular weight excluding hydrogens is 357 g/mol. The third-order valence-electron chi connectivity index (χ3n) is 3.85. The fourth-order valence-electron chi connectivity index (χ4n) is 2.72. The van der Waals surface area contributed by atoms with Crippen LogP contribution in [0.2, 0.25) is 0 Å². The van der Waals surface area contributed by atoms with E-state index in [1.807, 2.05) is 0 Å². The van der Waals surface area contributed by atoms with E-state index in [1.165, 1.54) is 12.1 Å². The highest BCUT2D eigenvalue weighted by Gasteiger charge is 2.25. The van der Waals surface area contributed by atoms with Crippen LogP contribution in [-0.4, -0.2) is 42.9 Å². The molecule has 6 nitrogen and oxygen atoms in total. The van der Waals surface area contributed by atoms with Crippen molar-refractivity contribution < 1.29 is 17.5 Å². The molecule has 1 aromatic carbocycles. The molecule has 3 aromatic rings. The van der Waals surface area contributed by atoms with Gasteiger partial charge in [0.15, 0.2) is 0 Å². The molecule has 26 heavy (non-hydrogen) atoms. The van der Waals surface area contributed by atoms with Gasteiger partial charge in [-0.2, -0.15) is 0 Å². The lowest BCUT2D eigenvalue weighted by atomic mass is 10.1. The molecule has 0 spiro atoms. The van der Waals surface area contributed by atoms with Crippen molar-refractivity contribution in [3.8, 4) is 22.5 Å². The van der Waals surface area contributed by atoms with Crippen LogP contribution in [0.5, 0.6) is 0 Å². The molecule has 0 aliphatic carbocycles. The van der Waals surface area contributed by atoms with Gasteiger partial charge in [0.1, 0.15) is 5.82 Å². The van der Waals surface area contributed by atoms with E-state index in [-0.39, 0.29) is 11.0 Å². The van der Waals surface area contributed by atoms with Crippen LogP contribution in [0.15, 0.2) is 53.9 Å². The maximum atomic E-state index is 13.3. The number of imidazole rings is 1. The maximum Gasteiger partial charge on any atom is 0.228 e. The molecule has 0 saturated carbocycles. The molecule has 0 amide bonds. The van der Waals surface area contributed by atoms with Crippen LogP contribution in [0.4, 0.5) is 4.39 Å². The third-order valence-corrected chi connectivity index (χ3v) is 4.83. The van der Waals surface area contributed by atoms with Crippen molar-refractivity contribution in [2.24, 2.45) is 0 Å². The quantitative estimate of drug-likeness (QED) is 0.662. The second-order valence-corrected chi connectivity index (χ2v) is 7.66. The van der Waals surface area contributed by atoms with Crippen LogP contribution in [0.3, 0.4) is 0 Å². The van der Waals surface area contributed by atoms with Crippen molar-refractivity contribution in [1.82, 2.24) is 14.5 Å². The SMILES string of the molecule is COCCn1c(S(C)(=O)=O)nc(-c2ccc(F)cc2)c1-c1ccncc1. The molecule has 3 rings (SSSR count). The number of aromatic nitrogens is 3. The molecular formula is C18H18FN3O3S. The minimum absolute atomic E-state index is 0.0549. The Morgan fingerprint density at radius 1 is 1.08 bits per heavy atom. The number of ether oxygens (including phenoxy) is 1. The van der Waals surface area contributed by atoms with Gasteiger partial charge in [0.2, 0.25) is 15.0 Å². The Hall–Kier alpha value is -2.58. The van der Waals surface area contributed by atoms with Crippen molar-refractivity contribution in [2.45, 2.75) is 11.7 Å². The number of benzene rings is 1. The highest BCUT2D eigenvalue weighted by molar-refractivity contribution is 7.90. The molecule has 2 heterocycles. The molecule has 0 aliphatic rings. The van der Waals surface area contributed by atoms with E-state index in [0.29, 0.717) is 30.1 Å². The minimum Gasteiger partial charge on any atom is -0.383 e. The van der Waals surface area contributed by atoms with E-state index in [1.54, 1.807) is 48.3 Å². The predicted molar refractivity (Wildman–Crippen MR) is 95.8 cm³/mol. The van der Waals surface area contributed by atoms with Crippen LogP contribution in [-0.2, 0) is 21.1 Å².